The fourth-order valence-corrected chi connectivity index (χ4v) is 4.47. The smallest absolute Gasteiger partial charge is 0.381 e. The van der Waals surface area contributed by atoms with Crippen LogP contribution in [0.4, 0.5) is 38.0 Å². The number of piperazine rings is 1. The molecule has 2 saturated heterocycles. The number of nitrogens with zero attached hydrogens (tertiary/aromatic N) is 5. The third kappa shape index (κ3) is 7.38. The Bertz CT molecular complexity index is 1190. The van der Waals surface area contributed by atoms with Gasteiger partial charge in [0, 0.05) is 51.1 Å². The molecule has 0 radical (unpaired) electrons. The van der Waals surface area contributed by atoms with Crippen molar-refractivity contribution in [3.8, 4) is 0 Å². The number of carbonyl (C=O) groups excluding carboxylic acids is 1. The van der Waals surface area contributed by atoms with Crippen molar-refractivity contribution in [3.05, 3.63) is 40.1 Å². The first-order chi connectivity index (χ1) is 18.9. The fourth-order valence-electron chi connectivity index (χ4n) is 4.47. The minimum Gasteiger partial charge on any atom is -0.381 e. The van der Waals surface area contributed by atoms with Crippen molar-refractivity contribution in [2.45, 2.75) is 31.2 Å². The van der Waals surface area contributed by atoms with Gasteiger partial charge in [0.15, 0.2) is 0 Å². The quantitative estimate of drug-likeness (QED) is 0.340. The fraction of sp³-hybridized carbons (Fsp3) is 0.609. The minimum atomic E-state index is -4.90. The Balaban J connectivity index is 1.26. The molecule has 2 aromatic heterocycles. The Hall–Kier alpha value is -3.47. The number of carbonyl (C=O) groups is 1. The van der Waals surface area contributed by atoms with Crippen LogP contribution in [0.5, 0.6) is 0 Å². The van der Waals surface area contributed by atoms with Gasteiger partial charge >= 0.3 is 12.4 Å². The summed E-state index contributed by atoms with van der Waals surface area (Å²) in [6.45, 7) is 1.98. The molecule has 4 rings (SSSR count). The van der Waals surface area contributed by atoms with Gasteiger partial charge in [-0.2, -0.15) is 31.4 Å². The number of rotatable bonds is 9. The van der Waals surface area contributed by atoms with Crippen LogP contribution in [-0.2, 0) is 26.6 Å². The summed E-state index contributed by atoms with van der Waals surface area (Å²) in [5, 5.41) is 8.00. The third-order valence-electron chi connectivity index (χ3n) is 6.65. The third-order valence-corrected chi connectivity index (χ3v) is 6.65. The zero-order valence-electron chi connectivity index (χ0n) is 21.1. The van der Waals surface area contributed by atoms with Gasteiger partial charge in [0.1, 0.15) is 5.56 Å². The van der Waals surface area contributed by atoms with E-state index in [1.165, 1.54) is 0 Å². The summed E-state index contributed by atoms with van der Waals surface area (Å²) in [5.41, 5.74) is -4.17. The van der Waals surface area contributed by atoms with E-state index >= 15 is 0 Å². The topological polar surface area (TPSA) is 126 Å². The molecule has 11 nitrogen and oxygen atoms in total. The molecule has 220 valence electrons. The molecular weight excluding hydrogens is 552 g/mol. The number of hydrogen-bond donors (Lipinski definition) is 2. The molecule has 2 atom stereocenters. The van der Waals surface area contributed by atoms with Gasteiger partial charge in [-0.3, -0.25) is 9.59 Å². The van der Waals surface area contributed by atoms with Gasteiger partial charge in [-0.05, 0) is 6.42 Å². The first kappa shape index (κ1) is 29.5. The molecule has 0 aliphatic carbocycles. The zero-order chi connectivity index (χ0) is 28.9. The second-order valence-electron chi connectivity index (χ2n) is 9.32. The van der Waals surface area contributed by atoms with E-state index in [-0.39, 0.29) is 37.4 Å². The molecule has 2 aliphatic heterocycles. The van der Waals surface area contributed by atoms with Crippen LogP contribution in [0.1, 0.15) is 24.0 Å². The van der Waals surface area contributed by atoms with E-state index in [0.717, 1.165) is 6.20 Å². The number of ether oxygens (including phenoxy) is 2. The summed E-state index contributed by atoms with van der Waals surface area (Å²) >= 11 is 0. The molecule has 4 heterocycles. The van der Waals surface area contributed by atoms with Gasteiger partial charge in [0.2, 0.25) is 11.9 Å². The molecule has 1 amide bonds. The lowest BCUT2D eigenvalue weighted by Crippen LogP contribution is -2.49. The maximum absolute atomic E-state index is 13.5. The average molecular weight is 580 g/mol. The highest BCUT2D eigenvalue weighted by Gasteiger charge is 2.39. The first-order valence-electron chi connectivity index (χ1n) is 12.4. The van der Waals surface area contributed by atoms with E-state index in [4.69, 9.17) is 9.47 Å². The highest BCUT2D eigenvalue weighted by molar-refractivity contribution is 5.76. The predicted molar refractivity (Wildman–Crippen MR) is 127 cm³/mol. The van der Waals surface area contributed by atoms with Crippen LogP contribution in [0.3, 0.4) is 0 Å². The first-order valence-corrected chi connectivity index (χ1v) is 12.4. The lowest BCUT2D eigenvalue weighted by atomic mass is 9.99. The van der Waals surface area contributed by atoms with Crippen molar-refractivity contribution >= 4 is 17.5 Å². The summed E-state index contributed by atoms with van der Waals surface area (Å²) < 4.78 is 89.5. The van der Waals surface area contributed by atoms with E-state index < -0.39 is 40.8 Å². The molecule has 0 bridgehead atoms. The highest BCUT2D eigenvalue weighted by Crippen LogP contribution is 2.33. The molecule has 2 aliphatic rings. The Kier molecular flexibility index (Phi) is 9.12. The second kappa shape index (κ2) is 12.4. The summed E-state index contributed by atoms with van der Waals surface area (Å²) in [4.78, 5) is 35.3. The number of alkyl halides is 6. The summed E-state index contributed by atoms with van der Waals surface area (Å²) in [5.74, 6) is -0.251. The van der Waals surface area contributed by atoms with Crippen molar-refractivity contribution in [2.24, 2.45) is 5.92 Å². The molecule has 2 aromatic rings. The molecule has 2 fully saturated rings. The Morgan fingerprint density at radius 3 is 2.40 bits per heavy atom. The predicted octanol–water partition coefficient (Wildman–Crippen LogP) is 2.17. The molecule has 0 spiro atoms. The highest BCUT2D eigenvalue weighted by atomic mass is 19.4. The summed E-state index contributed by atoms with van der Waals surface area (Å²) in [6, 6.07) is -0.630. The lowest BCUT2D eigenvalue weighted by Gasteiger charge is -2.34. The molecule has 0 unspecified atom stereocenters. The van der Waals surface area contributed by atoms with E-state index in [0.29, 0.717) is 58.2 Å². The Labute approximate surface area is 223 Å². The lowest BCUT2D eigenvalue weighted by molar-refractivity contribution is -0.139. The number of halogens is 6. The Morgan fingerprint density at radius 1 is 1.10 bits per heavy atom. The molecular formula is C23H27F6N7O4. The Morgan fingerprint density at radius 2 is 1.80 bits per heavy atom. The normalized spacial score (nSPS) is 19.1. The van der Waals surface area contributed by atoms with Crippen molar-refractivity contribution in [3.63, 3.8) is 0 Å². The van der Waals surface area contributed by atoms with Gasteiger partial charge in [-0.25, -0.2) is 15.1 Å². The van der Waals surface area contributed by atoms with Gasteiger partial charge in [-0.15, -0.1) is 0 Å². The number of aromatic amines is 1. The number of aromatic nitrogens is 4. The number of amides is 1. The van der Waals surface area contributed by atoms with Crippen molar-refractivity contribution < 1.29 is 40.6 Å². The average Bonchev–Trinajstić information content (AvgIpc) is 3.44. The van der Waals surface area contributed by atoms with E-state index in [9.17, 15) is 35.9 Å². The molecule has 2 N–H and O–H groups in total. The van der Waals surface area contributed by atoms with Gasteiger partial charge < -0.3 is 24.6 Å². The van der Waals surface area contributed by atoms with Crippen LogP contribution < -0.4 is 15.8 Å². The standard InChI is InChI=1S/C23H27F6N7O4/c24-22(25,26)15-9-30-21(31-10-15)36-5-3-35(4-6-36)18(37)2-8-40-13-17(14-1-7-39-12-14)33-16-11-32-34-20(38)19(16)23(27,28)29/h9-11,14,17H,1-8,12-13H2,(H2,33,34,38)/t14-,17+/m1/s1. The van der Waals surface area contributed by atoms with E-state index in [2.05, 4.69) is 20.4 Å². The SMILES string of the molecule is O=C(CCOC[C@H](Nc1cn[nH]c(=O)c1C(F)(F)F)[C@@H]1CCOC1)N1CCN(c2ncc(C(F)(F)F)cn2)CC1. The molecule has 17 heteroatoms. The molecule has 0 saturated carbocycles. The van der Waals surface area contributed by atoms with Crippen LogP contribution >= 0.6 is 0 Å². The molecule has 40 heavy (non-hydrogen) atoms. The van der Waals surface area contributed by atoms with Crippen molar-refractivity contribution in [1.82, 2.24) is 25.1 Å². The number of hydrogen-bond acceptors (Lipinski definition) is 9. The largest absolute Gasteiger partial charge is 0.423 e. The summed E-state index contributed by atoms with van der Waals surface area (Å²) in [7, 11) is 0. The number of nitrogens with one attached hydrogen (secondary N) is 2. The van der Waals surface area contributed by atoms with E-state index in [1.807, 2.05) is 0 Å². The van der Waals surface area contributed by atoms with Crippen molar-refractivity contribution in [2.75, 3.05) is 62.8 Å². The minimum absolute atomic E-state index is 0.00652. The van der Waals surface area contributed by atoms with Crippen LogP contribution in [0.2, 0.25) is 0 Å². The van der Waals surface area contributed by atoms with Crippen LogP contribution in [0.25, 0.3) is 0 Å². The number of anilines is 2. The van der Waals surface area contributed by atoms with Gasteiger partial charge in [-0.1, -0.05) is 0 Å². The van der Waals surface area contributed by atoms with Gasteiger partial charge in [0.25, 0.3) is 5.56 Å². The maximum Gasteiger partial charge on any atom is 0.423 e. The molecule has 0 aromatic carbocycles. The zero-order valence-corrected chi connectivity index (χ0v) is 21.1. The maximum atomic E-state index is 13.5. The van der Waals surface area contributed by atoms with Crippen molar-refractivity contribution in [1.29, 1.82) is 0 Å². The summed E-state index contributed by atoms with van der Waals surface area (Å²) in [6.07, 6.45) is -6.51. The van der Waals surface area contributed by atoms with Crippen LogP contribution in [0.15, 0.2) is 23.4 Å². The number of H-pyrrole nitrogens is 1. The monoisotopic (exact) mass is 579 g/mol. The van der Waals surface area contributed by atoms with Crippen LogP contribution in [0, 0.1) is 5.92 Å². The van der Waals surface area contributed by atoms with Gasteiger partial charge in [0.05, 0.1) is 49.7 Å². The van der Waals surface area contributed by atoms with Crippen LogP contribution in [-0.4, -0.2) is 89.6 Å². The second-order valence-corrected chi connectivity index (χ2v) is 9.32. The van der Waals surface area contributed by atoms with E-state index in [1.54, 1.807) is 14.9 Å².